The molecule has 4 nitrogen and oxygen atoms in total. The summed E-state index contributed by atoms with van der Waals surface area (Å²) in [7, 11) is 3.71. The molecule has 2 aromatic rings. The van der Waals surface area contributed by atoms with Crippen LogP contribution in [0.4, 0.5) is 11.4 Å². The molecule has 2 aromatic carbocycles. The summed E-state index contributed by atoms with van der Waals surface area (Å²) in [4.78, 5) is 14.2. The molecule has 0 saturated carbocycles. The summed E-state index contributed by atoms with van der Waals surface area (Å²) >= 11 is 0. The number of hydrogen-bond acceptors (Lipinski definition) is 3. The molecule has 0 aliphatic carbocycles. The molecule has 0 unspecified atom stereocenters. The predicted molar refractivity (Wildman–Crippen MR) is 75.8 cm³/mol. The number of rotatable bonds is 3. The van der Waals surface area contributed by atoms with E-state index in [9.17, 15) is 10.0 Å². The Bertz CT molecular complexity index is 567. The van der Waals surface area contributed by atoms with Crippen molar-refractivity contribution < 1.29 is 10.0 Å². The Labute approximate surface area is 112 Å². The van der Waals surface area contributed by atoms with Crippen LogP contribution in [0.25, 0.3) is 0 Å². The van der Waals surface area contributed by atoms with Gasteiger partial charge in [-0.3, -0.25) is 10.0 Å². The van der Waals surface area contributed by atoms with Gasteiger partial charge in [0.1, 0.15) is 0 Å². The lowest BCUT2D eigenvalue weighted by Crippen LogP contribution is -2.28. The van der Waals surface area contributed by atoms with Gasteiger partial charge in [-0.2, -0.15) is 5.06 Å². The highest BCUT2D eigenvalue weighted by Gasteiger charge is 2.19. The molecule has 98 valence electrons. The fraction of sp³-hybridized carbons (Fsp3) is 0.133. The zero-order valence-electron chi connectivity index (χ0n) is 10.9. The summed E-state index contributed by atoms with van der Waals surface area (Å²) in [5.41, 5.74) is 1.67. The highest BCUT2D eigenvalue weighted by atomic mass is 16.5. The zero-order chi connectivity index (χ0) is 13.8. The number of hydroxylamine groups is 1. The van der Waals surface area contributed by atoms with Crippen molar-refractivity contribution in [2.45, 2.75) is 0 Å². The maximum Gasteiger partial charge on any atom is 0.284 e. The SMILES string of the molecule is CN(C)c1ccccc1C(=O)N(O)c1ccccc1. The first-order valence-corrected chi connectivity index (χ1v) is 5.96. The Kier molecular flexibility index (Phi) is 3.82. The van der Waals surface area contributed by atoms with Gasteiger partial charge in [-0.15, -0.1) is 0 Å². The maximum absolute atomic E-state index is 12.3. The summed E-state index contributed by atoms with van der Waals surface area (Å²) < 4.78 is 0. The number of carbonyl (C=O) groups excluding carboxylic acids is 1. The Balaban J connectivity index is 2.35. The third-order valence-corrected chi connectivity index (χ3v) is 2.81. The van der Waals surface area contributed by atoms with Crippen LogP contribution in [0.3, 0.4) is 0 Å². The molecule has 0 bridgehead atoms. The van der Waals surface area contributed by atoms with Crippen molar-refractivity contribution in [3.8, 4) is 0 Å². The van der Waals surface area contributed by atoms with Gasteiger partial charge >= 0.3 is 0 Å². The first-order valence-electron chi connectivity index (χ1n) is 5.96. The Morgan fingerprint density at radius 3 is 2.16 bits per heavy atom. The lowest BCUT2D eigenvalue weighted by Gasteiger charge is -2.20. The second-order valence-corrected chi connectivity index (χ2v) is 4.36. The Morgan fingerprint density at radius 2 is 1.53 bits per heavy atom. The van der Waals surface area contributed by atoms with Crippen molar-refractivity contribution in [3.63, 3.8) is 0 Å². The summed E-state index contributed by atoms with van der Waals surface area (Å²) in [6, 6.07) is 15.9. The topological polar surface area (TPSA) is 43.8 Å². The van der Waals surface area contributed by atoms with E-state index in [1.54, 1.807) is 36.4 Å². The van der Waals surface area contributed by atoms with Crippen molar-refractivity contribution in [1.82, 2.24) is 0 Å². The van der Waals surface area contributed by atoms with E-state index in [0.717, 1.165) is 5.69 Å². The summed E-state index contributed by atoms with van der Waals surface area (Å²) in [5.74, 6) is -0.449. The number of amides is 1. The third-order valence-electron chi connectivity index (χ3n) is 2.81. The molecule has 19 heavy (non-hydrogen) atoms. The van der Waals surface area contributed by atoms with Crippen LogP contribution < -0.4 is 9.96 Å². The van der Waals surface area contributed by atoms with E-state index in [-0.39, 0.29) is 0 Å². The number of carbonyl (C=O) groups is 1. The van der Waals surface area contributed by atoms with Crippen molar-refractivity contribution in [2.75, 3.05) is 24.1 Å². The molecule has 2 rings (SSSR count). The molecule has 0 radical (unpaired) electrons. The van der Waals surface area contributed by atoms with Crippen molar-refractivity contribution in [3.05, 3.63) is 60.2 Å². The number of para-hydroxylation sites is 2. The summed E-state index contributed by atoms with van der Waals surface area (Å²) in [6.07, 6.45) is 0. The standard InChI is InChI=1S/C15H16N2O2/c1-16(2)14-11-7-6-10-13(14)15(18)17(19)12-8-4-3-5-9-12/h3-11,19H,1-2H3. The molecule has 0 heterocycles. The molecule has 0 spiro atoms. The first kappa shape index (κ1) is 13.1. The number of nitrogens with zero attached hydrogens (tertiary/aromatic N) is 2. The summed E-state index contributed by atoms with van der Waals surface area (Å²) in [6.45, 7) is 0. The smallest absolute Gasteiger partial charge is 0.284 e. The highest BCUT2D eigenvalue weighted by molar-refractivity contribution is 6.08. The van der Waals surface area contributed by atoms with Gasteiger partial charge in [0.15, 0.2) is 0 Å². The van der Waals surface area contributed by atoms with Crippen LogP contribution in [0.2, 0.25) is 0 Å². The van der Waals surface area contributed by atoms with Crippen LogP contribution in [0, 0.1) is 0 Å². The van der Waals surface area contributed by atoms with E-state index in [1.165, 1.54) is 0 Å². The molecule has 1 N–H and O–H groups in total. The van der Waals surface area contributed by atoms with Crippen molar-refractivity contribution in [1.29, 1.82) is 0 Å². The minimum Gasteiger partial charge on any atom is -0.377 e. The Hall–Kier alpha value is -2.33. The van der Waals surface area contributed by atoms with Crippen LogP contribution in [-0.4, -0.2) is 25.2 Å². The fourth-order valence-corrected chi connectivity index (χ4v) is 1.85. The largest absolute Gasteiger partial charge is 0.377 e. The van der Waals surface area contributed by atoms with E-state index in [0.29, 0.717) is 16.3 Å². The average molecular weight is 256 g/mol. The molecule has 0 aliphatic heterocycles. The van der Waals surface area contributed by atoms with E-state index in [1.807, 2.05) is 37.2 Å². The van der Waals surface area contributed by atoms with Crippen LogP contribution in [0.15, 0.2) is 54.6 Å². The number of anilines is 2. The summed E-state index contributed by atoms with van der Waals surface area (Å²) in [5, 5.41) is 10.7. The van der Waals surface area contributed by atoms with Crippen LogP contribution in [0.1, 0.15) is 10.4 Å². The molecule has 0 aromatic heterocycles. The molecule has 0 saturated heterocycles. The van der Waals surface area contributed by atoms with Gasteiger partial charge in [0, 0.05) is 19.8 Å². The van der Waals surface area contributed by atoms with E-state index >= 15 is 0 Å². The molecule has 0 atom stereocenters. The van der Waals surface area contributed by atoms with E-state index < -0.39 is 5.91 Å². The van der Waals surface area contributed by atoms with Gasteiger partial charge in [-0.05, 0) is 24.3 Å². The molecular formula is C15H16N2O2. The van der Waals surface area contributed by atoms with Crippen LogP contribution in [-0.2, 0) is 0 Å². The quantitative estimate of drug-likeness (QED) is 0.678. The zero-order valence-corrected chi connectivity index (χ0v) is 10.9. The van der Waals surface area contributed by atoms with Crippen molar-refractivity contribution in [2.24, 2.45) is 0 Å². The van der Waals surface area contributed by atoms with Gasteiger partial charge in [-0.1, -0.05) is 30.3 Å². The molecule has 0 fully saturated rings. The predicted octanol–water partition coefficient (Wildman–Crippen LogP) is 2.79. The van der Waals surface area contributed by atoms with Gasteiger partial charge < -0.3 is 4.90 Å². The lowest BCUT2D eigenvalue weighted by atomic mass is 10.1. The maximum atomic E-state index is 12.3. The lowest BCUT2D eigenvalue weighted by molar-refractivity contribution is 0.0855. The molecule has 0 aliphatic rings. The van der Waals surface area contributed by atoms with Gasteiger partial charge in [0.2, 0.25) is 0 Å². The number of benzene rings is 2. The van der Waals surface area contributed by atoms with Gasteiger partial charge in [0.05, 0.1) is 11.3 Å². The molecule has 4 heteroatoms. The third kappa shape index (κ3) is 2.74. The fourth-order valence-electron chi connectivity index (χ4n) is 1.85. The molecular weight excluding hydrogens is 240 g/mol. The second-order valence-electron chi connectivity index (χ2n) is 4.36. The number of hydrogen-bond donors (Lipinski definition) is 1. The van der Waals surface area contributed by atoms with E-state index in [4.69, 9.17) is 0 Å². The van der Waals surface area contributed by atoms with Crippen LogP contribution >= 0.6 is 0 Å². The highest BCUT2D eigenvalue weighted by Crippen LogP contribution is 2.22. The normalized spacial score (nSPS) is 10.1. The Morgan fingerprint density at radius 1 is 0.947 bits per heavy atom. The van der Waals surface area contributed by atoms with Crippen LogP contribution in [0.5, 0.6) is 0 Å². The van der Waals surface area contributed by atoms with Gasteiger partial charge in [0.25, 0.3) is 5.91 Å². The monoisotopic (exact) mass is 256 g/mol. The average Bonchev–Trinajstić information content (AvgIpc) is 2.46. The first-order chi connectivity index (χ1) is 9.11. The second kappa shape index (κ2) is 5.54. The molecule has 1 amide bonds. The minimum absolute atomic E-state index is 0.445. The van der Waals surface area contributed by atoms with Crippen molar-refractivity contribution >= 4 is 17.3 Å². The van der Waals surface area contributed by atoms with Gasteiger partial charge in [-0.25, -0.2) is 0 Å². The minimum atomic E-state index is -0.449. The van der Waals surface area contributed by atoms with E-state index in [2.05, 4.69) is 0 Å².